The highest BCUT2D eigenvalue weighted by Gasteiger charge is 2.22. The van der Waals surface area contributed by atoms with Gasteiger partial charge in [-0.3, -0.25) is 4.90 Å². The van der Waals surface area contributed by atoms with Crippen molar-refractivity contribution < 1.29 is 5.11 Å². The maximum absolute atomic E-state index is 9.74. The van der Waals surface area contributed by atoms with Crippen LogP contribution in [0.1, 0.15) is 26.7 Å². The van der Waals surface area contributed by atoms with Gasteiger partial charge in [0.25, 0.3) is 0 Å². The Morgan fingerprint density at radius 2 is 1.62 bits per heavy atom. The van der Waals surface area contributed by atoms with Gasteiger partial charge in [-0.25, -0.2) is 0 Å². The lowest BCUT2D eigenvalue weighted by Crippen LogP contribution is -2.50. The first-order valence-electron chi connectivity index (χ1n) is 6.38. The number of β-amino-alcohol motifs (C(OH)–C–C–N with tert-alkyl or cyclic N) is 1. The topological polar surface area (TPSA) is 52.7 Å². The number of rotatable bonds is 6. The Balaban J connectivity index is 2.13. The lowest BCUT2D eigenvalue weighted by molar-refractivity contribution is 0.0176. The van der Waals surface area contributed by atoms with Crippen molar-refractivity contribution in [1.29, 1.82) is 0 Å². The van der Waals surface area contributed by atoms with Crippen LogP contribution in [0.2, 0.25) is 0 Å². The molecule has 0 spiro atoms. The maximum Gasteiger partial charge on any atom is 0.0718 e. The summed E-state index contributed by atoms with van der Waals surface area (Å²) < 4.78 is 0. The van der Waals surface area contributed by atoms with E-state index in [1.807, 2.05) is 13.8 Å². The molecule has 1 fully saturated rings. The van der Waals surface area contributed by atoms with Gasteiger partial charge in [0.15, 0.2) is 0 Å². The summed E-state index contributed by atoms with van der Waals surface area (Å²) >= 11 is 0. The van der Waals surface area contributed by atoms with Crippen LogP contribution >= 0.6 is 0 Å². The van der Waals surface area contributed by atoms with E-state index in [4.69, 9.17) is 5.73 Å². The van der Waals surface area contributed by atoms with Crippen LogP contribution in [0.5, 0.6) is 0 Å². The zero-order valence-corrected chi connectivity index (χ0v) is 10.8. The summed E-state index contributed by atoms with van der Waals surface area (Å²) in [6.07, 6.45) is 2.34. The van der Waals surface area contributed by atoms with Crippen LogP contribution in [0.4, 0.5) is 0 Å². The molecule has 16 heavy (non-hydrogen) atoms. The Kier molecular flexibility index (Phi) is 5.69. The molecular formula is C12H27N3O. The first-order chi connectivity index (χ1) is 7.51. The van der Waals surface area contributed by atoms with Crippen molar-refractivity contribution in [3.63, 3.8) is 0 Å². The molecule has 1 heterocycles. The molecule has 1 aliphatic rings. The molecule has 0 amide bonds. The second-order valence-electron chi connectivity index (χ2n) is 5.43. The van der Waals surface area contributed by atoms with Crippen LogP contribution < -0.4 is 5.73 Å². The minimum atomic E-state index is -0.568. The Bertz CT molecular complexity index is 183. The molecule has 0 unspecified atom stereocenters. The van der Waals surface area contributed by atoms with Gasteiger partial charge in [-0.15, -0.1) is 0 Å². The average Bonchev–Trinajstić information content (AvgIpc) is 2.19. The fourth-order valence-electron chi connectivity index (χ4n) is 2.20. The van der Waals surface area contributed by atoms with Crippen LogP contribution in [0.25, 0.3) is 0 Å². The van der Waals surface area contributed by atoms with Crippen molar-refractivity contribution in [2.75, 3.05) is 45.8 Å². The van der Waals surface area contributed by atoms with Gasteiger partial charge in [0.2, 0.25) is 0 Å². The van der Waals surface area contributed by atoms with E-state index in [1.165, 1.54) is 13.0 Å². The van der Waals surface area contributed by atoms with Crippen LogP contribution in [0.3, 0.4) is 0 Å². The van der Waals surface area contributed by atoms with E-state index in [0.717, 1.165) is 45.7 Å². The molecule has 0 aromatic carbocycles. The monoisotopic (exact) mass is 229 g/mol. The number of piperazine rings is 1. The highest BCUT2D eigenvalue weighted by atomic mass is 16.3. The summed E-state index contributed by atoms with van der Waals surface area (Å²) in [6, 6.07) is 0. The fraction of sp³-hybridized carbons (Fsp3) is 1.00. The normalized spacial score (nSPS) is 20.2. The number of hydrogen-bond donors (Lipinski definition) is 2. The molecule has 0 aliphatic carbocycles. The summed E-state index contributed by atoms with van der Waals surface area (Å²) in [5.74, 6) is 0. The molecule has 1 saturated heterocycles. The third-order valence-corrected chi connectivity index (χ3v) is 3.00. The summed E-state index contributed by atoms with van der Waals surface area (Å²) in [7, 11) is 0. The third kappa shape index (κ3) is 5.80. The molecule has 0 bridgehead atoms. The molecule has 0 saturated carbocycles. The smallest absolute Gasteiger partial charge is 0.0718 e. The largest absolute Gasteiger partial charge is 0.389 e. The molecule has 1 aliphatic heterocycles. The van der Waals surface area contributed by atoms with Crippen molar-refractivity contribution in [2.45, 2.75) is 32.3 Å². The number of aliphatic hydroxyl groups is 1. The van der Waals surface area contributed by atoms with Gasteiger partial charge in [-0.05, 0) is 39.8 Å². The molecule has 0 aromatic rings. The van der Waals surface area contributed by atoms with Crippen molar-refractivity contribution in [2.24, 2.45) is 5.73 Å². The lowest BCUT2D eigenvalue weighted by atomic mass is 10.1. The second kappa shape index (κ2) is 6.55. The van der Waals surface area contributed by atoms with E-state index in [0.29, 0.717) is 0 Å². The van der Waals surface area contributed by atoms with Gasteiger partial charge in [0.1, 0.15) is 0 Å². The van der Waals surface area contributed by atoms with E-state index >= 15 is 0 Å². The summed E-state index contributed by atoms with van der Waals surface area (Å²) in [6.45, 7) is 10.9. The highest BCUT2D eigenvalue weighted by molar-refractivity contribution is 4.77. The van der Waals surface area contributed by atoms with Gasteiger partial charge < -0.3 is 15.7 Å². The number of nitrogens with two attached hydrogens (primary N) is 1. The number of unbranched alkanes of at least 4 members (excludes halogenated alkanes) is 1. The van der Waals surface area contributed by atoms with Gasteiger partial charge >= 0.3 is 0 Å². The molecule has 0 aromatic heterocycles. The quantitative estimate of drug-likeness (QED) is 0.635. The number of hydrogen-bond acceptors (Lipinski definition) is 4. The van der Waals surface area contributed by atoms with Gasteiger partial charge in [0.05, 0.1) is 5.60 Å². The molecule has 96 valence electrons. The molecule has 4 heteroatoms. The zero-order valence-electron chi connectivity index (χ0n) is 10.8. The average molecular weight is 229 g/mol. The Morgan fingerprint density at radius 1 is 1.06 bits per heavy atom. The summed E-state index contributed by atoms with van der Waals surface area (Å²) in [5.41, 5.74) is 4.91. The lowest BCUT2D eigenvalue weighted by Gasteiger charge is -2.37. The van der Waals surface area contributed by atoms with Crippen LogP contribution in [-0.2, 0) is 0 Å². The molecule has 4 nitrogen and oxygen atoms in total. The number of nitrogens with zero attached hydrogens (tertiary/aromatic N) is 2. The molecule has 0 atom stereocenters. The fourth-order valence-corrected chi connectivity index (χ4v) is 2.20. The first-order valence-corrected chi connectivity index (χ1v) is 6.38. The molecule has 3 N–H and O–H groups in total. The van der Waals surface area contributed by atoms with Crippen molar-refractivity contribution >= 4 is 0 Å². The Hall–Kier alpha value is -0.160. The first kappa shape index (κ1) is 13.9. The molecular weight excluding hydrogens is 202 g/mol. The Morgan fingerprint density at radius 3 is 2.12 bits per heavy atom. The van der Waals surface area contributed by atoms with Crippen molar-refractivity contribution in [3.05, 3.63) is 0 Å². The van der Waals surface area contributed by atoms with Crippen molar-refractivity contribution in [1.82, 2.24) is 9.80 Å². The predicted molar refractivity (Wildman–Crippen MR) is 67.5 cm³/mol. The Labute approximate surface area is 99.4 Å². The highest BCUT2D eigenvalue weighted by Crippen LogP contribution is 2.09. The van der Waals surface area contributed by atoms with E-state index in [9.17, 15) is 5.11 Å². The minimum absolute atomic E-state index is 0.568. The summed E-state index contributed by atoms with van der Waals surface area (Å²) in [4.78, 5) is 4.84. The predicted octanol–water partition coefficient (Wildman–Crippen LogP) is 0.114. The minimum Gasteiger partial charge on any atom is -0.389 e. The van der Waals surface area contributed by atoms with E-state index in [1.54, 1.807) is 0 Å². The molecule has 0 radical (unpaired) electrons. The van der Waals surface area contributed by atoms with Crippen LogP contribution in [-0.4, -0.2) is 66.3 Å². The van der Waals surface area contributed by atoms with E-state index in [2.05, 4.69) is 9.80 Å². The standard InChI is InChI=1S/C12H27N3O/c1-12(2,16)11-15-9-7-14(8-10-15)6-4-3-5-13/h16H,3-11,13H2,1-2H3. The maximum atomic E-state index is 9.74. The summed E-state index contributed by atoms with van der Waals surface area (Å²) in [5, 5.41) is 9.74. The van der Waals surface area contributed by atoms with Gasteiger partial charge in [0, 0.05) is 32.7 Å². The molecule has 1 rings (SSSR count). The van der Waals surface area contributed by atoms with Crippen LogP contribution in [0, 0.1) is 0 Å². The van der Waals surface area contributed by atoms with Crippen LogP contribution in [0.15, 0.2) is 0 Å². The van der Waals surface area contributed by atoms with Gasteiger partial charge in [-0.1, -0.05) is 0 Å². The SMILES string of the molecule is CC(C)(O)CN1CCN(CCCCN)CC1. The van der Waals surface area contributed by atoms with Gasteiger partial charge in [-0.2, -0.15) is 0 Å². The van der Waals surface area contributed by atoms with Crippen molar-refractivity contribution in [3.8, 4) is 0 Å². The second-order valence-corrected chi connectivity index (χ2v) is 5.43. The van der Waals surface area contributed by atoms with E-state index < -0.39 is 5.60 Å². The third-order valence-electron chi connectivity index (χ3n) is 3.00. The van der Waals surface area contributed by atoms with E-state index in [-0.39, 0.29) is 0 Å². The zero-order chi connectivity index (χ0) is 12.0.